The molecule has 1 aromatic carbocycles. The number of rotatable bonds is 2. The Morgan fingerprint density at radius 3 is 3.00 bits per heavy atom. The van der Waals surface area contributed by atoms with Crippen LogP contribution in [0.25, 0.3) is 10.9 Å². The lowest BCUT2D eigenvalue weighted by molar-refractivity contribution is 0.102. The molecule has 3 rings (SSSR count). The molecule has 0 saturated heterocycles. The Labute approximate surface area is 103 Å². The van der Waals surface area contributed by atoms with Crippen molar-refractivity contribution in [3.8, 4) is 0 Å². The van der Waals surface area contributed by atoms with Gasteiger partial charge >= 0.3 is 0 Å². The highest BCUT2D eigenvalue weighted by molar-refractivity contribution is 6.05. The Hall–Kier alpha value is -2.69. The molecule has 1 amide bonds. The SMILES string of the molecule is O=C(Nc1cccnn1)c1ccc2[nH]ccc2c1. The molecule has 2 aromatic heterocycles. The summed E-state index contributed by atoms with van der Waals surface area (Å²) in [5.74, 6) is 0.246. The zero-order valence-corrected chi connectivity index (χ0v) is 9.42. The number of carbonyl (C=O) groups excluding carboxylic acids is 1. The van der Waals surface area contributed by atoms with Gasteiger partial charge in [-0.1, -0.05) is 0 Å². The first-order chi connectivity index (χ1) is 8.83. The molecule has 0 saturated carbocycles. The van der Waals surface area contributed by atoms with Gasteiger partial charge in [0.2, 0.25) is 0 Å². The molecule has 18 heavy (non-hydrogen) atoms. The first-order valence-corrected chi connectivity index (χ1v) is 5.49. The van der Waals surface area contributed by atoms with E-state index in [9.17, 15) is 4.79 Å². The van der Waals surface area contributed by atoms with Gasteiger partial charge in [-0.2, -0.15) is 5.10 Å². The lowest BCUT2D eigenvalue weighted by atomic mass is 10.1. The average molecular weight is 238 g/mol. The quantitative estimate of drug-likeness (QED) is 0.719. The number of benzene rings is 1. The Balaban J connectivity index is 1.87. The molecule has 0 atom stereocenters. The molecule has 3 aromatic rings. The highest BCUT2D eigenvalue weighted by atomic mass is 16.1. The predicted octanol–water partition coefficient (Wildman–Crippen LogP) is 2.21. The lowest BCUT2D eigenvalue weighted by Gasteiger charge is -2.03. The van der Waals surface area contributed by atoms with E-state index in [1.807, 2.05) is 24.4 Å². The van der Waals surface area contributed by atoms with Crippen LogP contribution in [-0.2, 0) is 0 Å². The maximum atomic E-state index is 12.0. The fraction of sp³-hybridized carbons (Fsp3) is 0. The average Bonchev–Trinajstić information content (AvgIpc) is 2.87. The third-order valence-electron chi connectivity index (χ3n) is 2.63. The third kappa shape index (κ3) is 1.93. The summed E-state index contributed by atoms with van der Waals surface area (Å²) >= 11 is 0. The summed E-state index contributed by atoms with van der Waals surface area (Å²) in [4.78, 5) is 15.1. The van der Waals surface area contributed by atoms with Gasteiger partial charge in [-0.15, -0.1) is 5.10 Å². The molecule has 0 unspecified atom stereocenters. The molecule has 88 valence electrons. The summed E-state index contributed by atoms with van der Waals surface area (Å²) in [5, 5.41) is 11.2. The van der Waals surface area contributed by atoms with E-state index < -0.39 is 0 Å². The standard InChI is InChI=1S/C13H10N4O/c18-13(16-12-2-1-6-15-17-12)10-3-4-11-9(8-10)5-7-14-11/h1-8,14H,(H,16,17,18). The normalized spacial score (nSPS) is 10.4. The zero-order valence-electron chi connectivity index (χ0n) is 9.42. The summed E-state index contributed by atoms with van der Waals surface area (Å²) in [5.41, 5.74) is 1.60. The van der Waals surface area contributed by atoms with Gasteiger partial charge in [0.15, 0.2) is 5.82 Å². The maximum absolute atomic E-state index is 12.0. The van der Waals surface area contributed by atoms with Gasteiger partial charge < -0.3 is 10.3 Å². The fourth-order valence-electron chi connectivity index (χ4n) is 1.75. The minimum atomic E-state index is -0.196. The molecule has 0 aliphatic heterocycles. The molecule has 5 heteroatoms. The second-order valence-electron chi connectivity index (χ2n) is 3.84. The molecule has 0 bridgehead atoms. The Kier molecular flexibility index (Phi) is 2.49. The molecular weight excluding hydrogens is 228 g/mol. The van der Waals surface area contributed by atoms with E-state index in [0.717, 1.165) is 10.9 Å². The van der Waals surface area contributed by atoms with Crippen LogP contribution in [0.2, 0.25) is 0 Å². The van der Waals surface area contributed by atoms with Crippen molar-refractivity contribution in [2.75, 3.05) is 5.32 Å². The monoisotopic (exact) mass is 238 g/mol. The number of aromatic nitrogens is 3. The highest BCUT2D eigenvalue weighted by Crippen LogP contribution is 2.15. The van der Waals surface area contributed by atoms with Gasteiger partial charge in [0.25, 0.3) is 5.91 Å². The van der Waals surface area contributed by atoms with Crippen LogP contribution in [0.15, 0.2) is 48.8 Å². The van der Waals surface area contributed by atoms with Crippen LogP contribution >= 0.6 is 0 Å². The van der Waals surface area contributed by atoms with Crippen molar-refractivity contribution in [3.63, 3.8) is 0 Å². The molecule has 2 N–H and O–H groups in total. The van der Waals surface area contributed by atoms with E-state index >= 15 is 0 Å². The van der Waals surface area contributed by atoms with Crippen LogP contribution in [0.1, 0.15) is 10.4 Å². The van der Waals surface area contributed by atoms with Gasteiger partial charge in [0.1, 0.15) is 0 Å². The smallest absolute Gasteiger partial charge is 0.256 e. The van der Waals surface area contributed by atoms with Gasteiger partial charge in [0.05, 0.1) is 0 Å². The fourth-order valence-corrected chi connectivity index (χ4v) is 1.75. The summed E-state index contributed by atoms with van der Waals surface area (Å²) in [6.07, 6.45) is 3.40. The molecule has 0 fully saturated rings. The lowest BCUT2D eigenvalue weighted by Crippen LogP contribution is -2.12. The van der Waals surface area contributed by atoms with Crippen LogP contribution in [-0.4, -0.2) is 21.1 Å². The summed E-state index contributed by atoms with van der Waals surface area (Å²) < 4.78 is 0. The van der Waals surface area contributed by atoms with Crippen molar-refractivity contribution in [1.29, 1.82) is 0 Å². The third-order valence-corrected chi connectivity index (χ3v) is 2.63. The van der Waals surface area contributed by atoms with Crippen molar-refractivity contribution in [2.45, 2.75) is 0 Å². The first kappa shape index (κ1) is 10.5. The molecule has 0 aliphatic rings. The molecule has 0 radical (unpaired) electrons. The second-order valence-corrected chi connectivity index (χ2v) is 3.84. The largest absolute Gasteiger partial charge is 0.361 e. The second kappa shape index (κ2) is 4.29. The molecule has 5 nitrogen and oxygen atoms in total. The minimum absolute atomic E-state index is 0.196. The Morgan fingerprint density at radius 2 is 2.17 bits per heavy atom. The molecular formula is C13H10N4O. The Bertz CT molecular complexity index is 690. The van der Waals surface area contributed by atoms with E-state index in [0.29, 0.717) is 11.4 Å². The first-order valence-electron chi connectivity index (χ1n) is 5.49. The highest BCUT2D eigenvalue weighted by Gasteiger charge is 2.07. The number of H-pyrrole nitrogens is 1. The number of carbonyl (C=O) groups is 1. The number of aromatic amines is 1. The number of amides is 1. The van der Waals surface area contributed by atoms with Crippen molar-refractivity contribution in [3.05, 3.63) is 54.4 Å². The zero-order chi connectivity index (χ0) is 12.4. The predicted molar refractivity (Wildman–Crippen MR) is 68.3 cm³/mol. The van der Waals surface area contributed by atoms with Crippen LogP contribution in [0.5, 0.6) is 0 Å². The van der Waals surface area contributed by atoms with E-state index in [2.05, 4.69) is 20.5 Å². The molecule has 2 heterocycles. The van der Waals surface area contributed by atoms with Gasteiger partial charge in [0, 0.05) is 28.9 Å². The van der Waals surface area contributed by atoms with Gasteiger partial charge in [-0.05, 0) is 36.4 Å². The minimum Gasteiger partial charge on any atom is -0.361 e. The molecule has 0 spiro atoms. The van der Waals surface area contributed by atoms with E-state index in [1.54, 1.807) is 24.4 Å². The van der Waals surface area contributed by atoms with Crippen molar-refractivity contribution >= 4 is 22.6 Å². The summed E-state index contributed by atoms with van der Waals surface area (Å²) in [6.45, 7) is 0. The van der Waals surface area contributed by atoms with Crippen LogP contribution in [0, 0.1) is 0 Å². The van der Waals surface area contributed by atoms with Crippen LogP contribution < -0.4 is 5.32 Å². The number of nitrogens with zero attached hydrogens (tertiary/aromatic N) is 2. The van der Waals surface area contributed by atoms with E-state index in [4.69, 9.17) is 0 Å². The number of hydrogen-bond acceptors (Lipinski definition) is 3. The van der Waals surface area contributed by atoms with Crippen LogP contribution in [0.3, 0.4) is 0 Å². The maximum Gasteiger partial charge on any atom is 0.256 e. The summed E-state index contributed by atoms with van der Waals surface area (Å²) in [7, 11) is 0. The van der Waals surface area contributed by atoms with Crippen LogP contribution in [0.4, 0.5) is 5.82 Å². The molecule has 0 aliphatic carbocycles. The number of anilines is 1. The van der Waals surface area contributed by atoms with E-state index in [1.165, 1.54) is 0 Å². The Morgan fingerprint density at radius 1 is 1.22 bits per heavy atom. The van der Waals surface area contributed by atoms with Gasteiger partial charge in [-0.25, -0.2) is 0 Å². The topological polar surface area (TPSA) is 70.7 Å². The van der Waals surface area contributed by atoms with Crippen molar-refractivity contribution in [1.82, 2.24) is 15.2 Å². The van der Waals surface area contributed by atoms with Crippen molar-refractivity contribution in [2.24, 2.45) is 0 Å². The number of hydrogen-bond donors (Lipinski definition) is 2. The summed E-state index contributed by atoms with van der Waals surface area (Å²) in [6, 6.07) is 10.8. The van der Waals surface area contributed by atoms with Gasteiger partial charge in [-0.3, -0.25) is 4.79 Å². The number of nitrogens with one attached hydrogen (secondary N) is 2. The van der Waals surface area contributed by atoms with E-state index in [-0.39, 0.29) is 5.91 Å². The number of fused-ring (bicyclic) bond motifs is 1. The van der Waals surface area contributed by atoms with Crippen molar-refractivity contribution < 1.29 is 4.79 Å².